The molecular weight excluding hydrogens is 553 g/mol. The zero-order valence-electron chi connectivity index (χ0n) is 17.0. The van der Waals surface area contributed by atoms with E-state index in [1.807, 2.05) is 6.07 Å². The average Bonchev–Trinajstić information content (AvgIpc) is 2.74. The van der Waals surface area contributed by atoms with Gasteiger partial charge in [-0.3, -0.25) is 4.72 Å². The molecule has 3 aromatic rings. The van der Waals surface area contributed by atoms with Crippen molar-refractivity contribution in [3.63, 3.8) is 0 Å². The SMILES string of the molecule is COc1ncc(-c2ccc(N)c(NCCCI)c2)cc1NS(=O)(=O)c1ccc(F)cc1F. The van der Waals surface area contributed by atoms with Gasteiger partial charge in [0.05, 0.1) is 18.5 Å². The van der Waals surface area contributed by atoms with Crippen molar-refractivity contribution in [1.82, 2.24) is 4.98 Å². The average molecular weight is 574 g/mol. The van der Waals surface area contributed by atoms with Crippen molar-refractivity contribution in [3.05, 3.63) is 60.3 Å². The number of benzene rings is 2. The number of anilines is 3. The summed E-state index contributed by atoms with van der Waals surface area (Å²) in [6, 6.07) is 9.09. The van der Waals surface area contributed by atoms with Gasteiger partial charge in [0.1, 0.15) is 22.2 Å². The summed E-state index contributed by atoms with van der Waals surface area (Å²) in [5.74, 6) is -2.09. The number of pyridine rings is 1. The zero-order valence-corrected chi connectivity index (χ0v) is 20.0. The molecule has 0 amide bonds. The largest absolute Gasteiger partial charge is 0.480 e. The predicted octanol–water partition coefficient (Wildman–Crippen LogP) is 4.66. The molecule has 11 heteroatoms. The first kappa shape index (κ1) is 24.0. The second-order valence-electron chi connectivity index (χ2n) is 6.73. The minimum atomic E-state index is -4.37. The van der Waals surface area contributed by atoms with Gasteiger partial charge in [-0.05, 0) is 42.3 Å². The summed E-state index contributed by atoms with van der Waals surface area (Å²) in [7, 11) is -3.04. The Labute approximate surface area is 198 Å². The number of aromatic nitrogens is 1. The molecular formula is C21H21F2IN4O3S. The quantitative estimate of drug-likeness (QED) is 0.149. The number of halogens is 3. The summed E-state index contributed by atoms with van der Waals surface area (Å²) in [6.07, 6.45) is 2.50. The Bertz CT molecular complexity index is 1230. The Balaban J connectivity index is 1.96. The first-order valence-electron chi connectivity index (χ1n) is 9.47. The third-order valence-electron chi connectivity index (χ3n) is 4.48. The summed E-state index contributed by atoms with van der Waals surface area (Å²) >= 11 is 2.29. The normalized spacial score (nSPS) is 11.2. The van der Waals surface area contributed by atoms with Crippen LogP contribution >= 0.6 is 22.6 Å². The second kappa shape index (κ2) is 10.3. The lowest BCUT2D eigenvalue weighted by atomic mass is 10.1. The Kier molecular flexibility index (Phi) is 7.72. The number of rotatable bonds is 9. The molecule has 0 spiro atoms. The zero-order chi connectivity index (χ0) is 23.3. The van der Waals surface area contributed by atoms with Crippen molar-refractivity contribution in [2.75, 3.05) is 33.9 Å². The maximum atomic E-state index is 14.1. The molecule has 0 aliphatic carbocycles. The highest BCUT2D eigenvalue weighted by atomic mass is 127. The standard InChI is InChI=1S/C21H21F2IN4O3S/c1-31-21-19(28-32(29,30)20-6-4-15(22)11-16(20)23)10-14(12-27-21)13-3-5-17(25)18(9-13)26-8-2-7-24/h3-6,9-12,26,28H,2,7-8,25H2,1H3. The van der Waals surface area contributed by atoms with Crippen molar-refractivity contribution in [3.8, 4) is 17.0 Å². The van der Waals surface area contributed by atoms with E-state index in [-0.39, 0.29) is 11.6 Å². The van der Waals surface area contributed by atoms with Gasteiger partial charge in [-0.25, -0.2) is 22.2 Å². The molecule has 2 aromatic carbocycles. The van der Waals surface area contributed by atoms with Crippen LogP contribution in [0.1, 0.15) is 6.42 Å². The van der Waals surface area contributed by atoms with Crippen LogP contribution in [0.25, 0.3) is 11.1 Å². The van der Waals surface area contributed by atoms with Gasteiger partial charge >= 0.3 is 0 Å². The molecule has 32 heavy (non-hydrogen) atoms. The molecule has 7 nitrogen and oxygen atoms in total. The van der Waals surface area contributed by atoms with Crippen molar-refractivity contribution in [1.29, 1.82) is 0 Å². The number of alkyl halides is 1. The summed E-state index contributed by atoms with van der Waals surface area (Å²) in [6.45, 7) is 0.756. The lowest BCUT2D eigenvalue weighted by Gasteiger charge is -2.14. The van der Waals surface area contributed by atoms with E-state index in [1.54, 1.807) is 12.1 Å². The van der Waals surface area contributed by atoms with Crippen molar-refractivity contribution in [2.45, 2.75) is 11.3 Å². The molecule has 0 fully saturated rings. The number of hydrogen-bond donors (Lipinski definition) is 3. The molecule has 0 saturated heterocycles. The van der Waals surface area contributed by atoms with Gasteiger partial charge < -0.3 is 15.8 Å². The topological polar surface area (TPSA) is 106 Å². The molecule has 0 aliphatic heterocycles. The number of ether oxygens (including phenoxy) is 1. The number of nitrogens with one attached hydrogen (secondary N) is 2. The molecule has 4 N–H and O–H groups in total. The van der Waals surface area contributed by atoms with Crippen LogP contribution in [-0.2, 0) is 10.0 Å². The number of methoxy groups -OCH3 is 1. The van der Waals surface area contributed by atoms with E-state index in [0.717, 1.165) is 40.8 Å². The number of nitrogens with zero attached hydrogens (tertiary/aromatic N) is 1. The molecule has 0 bridgehead atoms. The van der Waals surface area contributed by atoms with E-state index in [1.165, 1.54) is 19.4 Å². The van der Waals surface area contributed by atoms with Crippen LogP contribution in [0.5, 0.6) is 5.88 Å². The maximum absolute atomic E-state index is 14.1. The van der Waals surface area contributed by atoms with Crippen LogP contribution in [0.2, 0.25) is 0 Å². The molecule has 1 aromatic heterocycles. The lowest BCUT2D eigenvalue weighted by Crippen LogP contribution is -2.15. The van der Waals surface area contributed by atoms with E-state index >= 15 is 0 Å². The van der Waals surface area contributed by atoms with E-state index in [9.17, 15) is 17.2 Å². The molecule has 0 unspecified atom stereocenters. The van der Waals surface area contributed by atoms with Crippen molar-refractivity contribution < 1.29 is 21.9 Å². The molecule has 1 heterocycles. The molecule has 170 valence electrons. The van der Waals surface area contributed by atoms with E-state index in [4.69, 9.17) is 10.5 Å². The van der Waals surface area contributed by atoms with Gasteiger partial charge in [0, 0.05) is 28.8 Å². The Hall–Kier alpha value is -2.67. The van der Waals surface area contributed by atoms with Gasteiger partial charge in [-0.1, -0.05) is 28.7 Å². The second-order valence-corrected chi connectivity index (χ2v) is 9.46. The Morgan fingerprint density at radius 1 is 1.09 bits per heavy atom. The van der Waals surface area contributed by atoms with Gasteiger partial charge in [0.2, 0.25) is 5.88 Å². The highest BCUT2D eigenvalue weighted by Gasteiger charge is 2.22. The fourth-order valence-corrected chi connectivity index (χ4v) is 4.41. The summed E-state index contributed by atoms with van der Waals surface area (Å²) < 4.78 is 61.1. The maximum Gasteiger partial charge on any atom is 0.264 e. The first-order valence-corrected chi connectivity index (χ1v) is 12.5. The number of nitrogen functional groups attached to an aromatic ring is 1. The van der Waals surface area contributed by atoms with Crippen LogP contribution in [-0.4, -0.2) is 31.5 Å². The van der Waals surface area contributed by atoms with Gasteiger partial charge in [-0.15, -0.1) is 0 Å². The smallest absolute Gasteiger partial charge is 0.264 e. The highest BCUT2D eigenvalue weighted by Crippen LogP contribution is 2.33. The van der Waals surface area contributed by atoms with Crippen molar-refractivity contribution in [2.24, 2.45) is 0 Å². The van der Waals surface area contributed by atoms with Crippen LogP contribution in [0, 0.1) is 11.6 Å². The minimum Gasteiger partial charge on any atom is -0.480 e. The summed E-state index contributed by atoms with van der Waals surface area (Å²) in [5, 5.41) is 3.27. The molecule has 0 atom stereocenters. The van der Waals surface area contributed by atoms with Crippen LogP contribution in [0.4, 0.5) is 25.8 Å². The third-order valence-corrected chi connectivity index (χ3v) is 6.65. The number of sulfonamides is 1. The fraction of sp³-hybridized carbons (Fsp3) is 0.190. The van der Waals surface area contributed by atoms with E-state index in [2.05, 4.69) is 37.6 Å². The monoisotopic (exact) mass is 574 g/mol. The Morgan fingerprint density at radius 2 is 1.84 bits per heavy atom. The fourth-order valence-electron chi connectivity index (χ4n) is 2.92. The molecule has 3 rings (SSSR count). The van der Waals surface area contributed by atoms with Crippen LogP contribution in [0.15, 0.2) is 53.6 Å². The predicted molar refractivity (Wildman–Crippen MR) is 130 cm³/mol. The van der Waals surface area contributed by atoms with E-state index < -0.39 is 26.6 Å². The summed E-state index contributed by atoms with van der Waals surface area (Å²) in [5.41, 5.74) is 8.70. The van der Waals surface area contributed by atoms with Gasteiger partial charge in [0.25, 0.3) is 10.0 Å². The third kappa shape index (κ3) is 5.57. The lowest BCUT2D eigenvalue weighted by molar-refractivity contribution is 0.400. The number of hydrogen-bond acceptors (Lipinski definition) is 6. The van der Waals surface area contributed by atoms with Gasteiger partial charge in [0.15, 0.2) is 0 Å². The molecule has 0 radical (unpaired) electrons. The van der Waals surface area contributed by atoms with Crippen molar-refractivity contribution >= 4 is 49.7 Å². The van der Waals surface area contributed by atoms with Crippen LogP contribution < -0.4 is 20.5 Å². The first-order chi connectivity index (χ1) is 15.2. The number of nitrogens with two attached hydrogens (primary N) is 1. The molecule has 0 saturated carbocycles. The van der Waals surface area contributed by atoms with Crippen LogP contribution in [0.3, 0.4) is 0 Å². The highest BCUT2D eigenvalue weighted by molar-refractivity contribution is 14.1. The van der Waals surface area contributed by atoms with Gasteiger partial charge in [-0.2, -0.15) is 0 Å². The molecule has 0 aliphatic rings. The minimum absolute atomic E-state index is 0.00400. The Morgan fingerprint density at radius 3 is 2.53 bits per heavy atom. The van der Waals surface area contributed by atoms with E-state index in [0.29, 0.717) is 17.3 Å². The summed E-state index contributed by atoms with van der Waals surface area (Å²) in [4.78, 5) is 3.47.